The number of pyridine rings is 1. The van der Waals surface area contributed by atoms with Crippen molar-refractivity contribution < 1.29 is 9.53 Å². The van der Waals surface area contributed by atoms with Gasteiger partial charge in [0.25, 0.3) is 0 Å². The molecule has 4 rings (SSSR count). The van der Waals surface area contributed by atoms with Crippen LogP contribution in [0.4, 0.5) is 11.5 Å². The molecule has 0 saturated heterocycles. The Morgan fingerprint density at radius 1 is 1.17 bits per heavy atom. The van der Waals surface area contributed by atoms with Gasteiger partial charge >= 0.3 is 0 Å². The van der Waals surface area contributed by atoms with Crippen molar-refractivity contribution in [3.63, 3.8) is 0 Å². The van der Waals surface area contributed by atoms with Gasteiger partial charge in [0, 0.05) is 31.0 Å². The van der Waals surface area contributed by atoms with Gasteiger partial charge in [-0.2, -0.15) is 0 Å². The van der Waals surface area contributed by atoms with Gasteiger partial charge < -0.3 is 15.4 Å². The summed E-state index contributed by atoms with van der Waals surface area (Å²) in [6, 6.07) is 8.10. The molecule has 8 heteroatoms. The number of rotatable bonds is 5. The second kappa shape index (κ2) is 8.61. The van der Waals surface area contributed by atoms with Crippen molar-refractivity contribution in [2.75, 3.05) is 5.32 Å². The van der Waals surface area contributed by atoms with Gasteiger partial charge in [-0.05, 0) is 60.5 Å². The first kappa shape index (κ1) is 19.4. The maximum Gasteiger partial charge on any atom is 0.222 e. The largest absolute Gasteiger partial charge is 0.490 e. The maximum absolute atomic E-state index is 11.3. The van der Waals surface area contributed by atoms with E-state index in [-0.39, 0.29) is 23.3 Å². The number of fused-ring (bicyclic) bond motifs is 1. The Morgan fingerprint density at radius 3 is 2.79 bits per heavy atom. The minimum absolute atomic E-state index is 0.0139. The van der Waals surface area contributed by atoms with Crippen molar-refractivity contribution in [1.29, 1.82) is 0 Å². The van der Waals surface area contributed by atoms with Crippen molar-refractivity contribution in [2.24, 2.45) is 0 Å². The molecule has 0 radical (unpaired) electrons. The van der Waals surface area contributed by atoms with Crippen LogP contribution in [-0.2, 0) is 4.79 Å². The Hall–Kier alpha value is -2.93. The van der Waals surface area contributed by atoms with Crippen LogP contribution >= 0.6 is 11.6 Å². The van der Waals surface area contributed by atoms with E-state index < -0.39 is 0 Å². The molecule has 1 aliphatic rings. The molecule has 3 aromatic rings. The Kier molecular flexibility index (Phi) is 5.76. The molecule has 1 fully saturated rings. The van der Waals surface area contributed by atoms with Crippen molar-refractivity contribution in [3.8, 4) is 5.75 Å². The highest BCUT2D eigenvalue weighted by molar-refractivity contribution is 6.28. The molecular formula is C21H22ClN5O2. The van der Waals surface area contributed by atoms with E-state index >= 15 is 0 Å². The van der Waals surface area contributed by atoms with Crippen LogP contribution < -0.4 is 15.4 Å². The fourth-order valence-corrected chi connectivity index (χ4v) is 3.80. The molecule has 0 aliphatic heterocycles. The van der Waals surface area contributed by atoms with E-state index in [4.69, 9.17) is 16.3 Å². The smallest absolute Gasteiger partial charge is 0.222 e. The lowest BCUT2D eigenvalue weighted by Gasteiger charge is -2.30. The van der Waals surface area contributed by atoms with Gasteiger partial charge in [0.05, 0.1) is 18.1 Å². The number of carbonyl (C=O) groups excluding carboxylic acids is 1. The summed E-state index contributed by atoms with van der Waals surface area (Å²) < 4.78 is 6.22. The molecular weight excluding hydrogens is 390 g/mol. The zero-order valence-corrected chi connectivity index (χ0v) is 16.8. The van der Waals surface area contributed by atoms with Gasteiger partial charge in [-0.15, -0.1) is 0 Å². The van der Waals surface area contributed by atoms with Crippen molar-refractivity contribution >= 4 is 39.8 Å². The standard InChI is InChI=1S/C21H22ClN5O2/c1-13(28)26-15-3-2-4-17(10-15)29-18-5-6-19-14(9-18)7-8-23-20(19)27-16-11-24-21(22)25-12-16/h5-9,11-12,15,17H,2-4,10H2,1H3,(H,23,27)(H,26,28)/t15-,17+/m1/s1. The molecule has 2 atom stereocenters. The van der Waals surface area contributed by atoms with E-state index in [0.29, 0.717) is 11.5 Å². The highest BCUT2D eigenvalue weighted by atomic mass is 35.5. The predicted molar refractivity (Wildman–Crippen MR) is 113 cm³/mol. The number of nitrogens with zero attached hydrogens (tertiary/aromatic N) is 3. The number of benzene rings is 1. The quantitative estimate of drug-likeness (QED) is 0.610. The van der Waals surface area contributed by atoms with Crippen LogP contribution in [0.1, 0.15) is 32.6 Å². The SMILES string of the molecule is CC(=O)N[C@@H]1CCC[C@H](Oc2ccc3c(Nc4cnc(Cl)nc4)nccc3c2)C1. The molecule has 2 aromatic heterocycles. The first-order valence-corrected chi connectivity index (χ1v) is 10.0. The van der Waals surface area contributed by atoms with Gasteiger partial charge in [0.2, 0.25) is 11.2 Å². The van der Waals surface area contributed by atoms with E-state index in [2.05, 4.69) is 25.6 Å². The molecule has 1 amide bonds. The van der Waals surface area contributed by atoms with Crippen LogP contribution in [0.5, 0.6) is 5.75 Å². The summed E-state index contributed by atoms with van der Waals surface area (Å²) in [5.41, 5.74) is 0.709. The van der Waals surface area contributed by atoms with E-state index in [1.807, 2.05) is 24.3 Å². The van der Waals surface area contributed by atoms with Crippen LogP contribution in [0, 0.1) is 0 Å². The summed E-state index contributed by atoms with van der Waals surface area (Å²) in [7, 11) is 0. The summed E-state index contributed by atoms with van der Waals surface area (Å²) in [5.74, 6) is 1.54. The second-order valence-electron chi connectivity index (χ2n) is 7.21. The van der Waals surface area contributed by atoms with E-state index in [9.17, 15) is 4.79 Å². The Bertz CT molecular complexity index is 1010. The zero-order chi connectivity index (χ0) is 20.2. The number of ether oxygens (including phenoxy) is 1. The van der Waals surface area contributed by atoms with Crippen LogP contribution in [0.25, 0.3) is 10.8 Å². The molecule has 2 N–H and O–H groups in total. The topological polar surface area (TPSA) is 89.0 Å². The van der Waals surface area contributed by atoms with Crippen LogP contribution in [0.15, 0.2) is 42.9 Å². The second-order valence-corrected chi connectivity index (χ2v) is 7.55. The maximum atomic E-state index is 11.3. The van der Waals surface area contributed by atoms with Gasteiger partial charge in [0.1, 0.15) is 17.7 Å². The van der Waals surface area contributed by atoms with Gasteiger partial charge in [0.15, 0.2) is 0 Å². The number of hydrogen-bond acceptors (Lipinski definition) is 6. The van der Waals surface area contributed by atoms with Gasteiger partial charge in [-0.3, -0.25) is 4.79 Å². The molecule has 1 aromatic carbocycles. The minimum atomic E-state index is 0.0139. The van der Waals surface area contributed by atoms with E-state index in [0.717, 1.165) is 42.2 Å². The van der Waals surface area contributed by atoms with E-state index in [1.165, 1.54) is 0 Å². The van der Waals surface area contributed by atoms with Crippen molar-refractivity contribution in [2.45, 2.75) is 44.8 Å². The number of amides is 1. The predicted octanol–water partition coefficient (Wildman–Crippen LogP) is 4.25. The summed E-state index contributed by atoms with van der Waals surface area (Å²) in [5, 5.41) is 8.42. The Balaban J connectivity index is 1.49. The molecule has 1 saturated carbocycles. The molecule has 0 unspecified atom stereocenters. The fraction of sp³-hybridized carbons (Fsp3) is 0.333. The average Bonchev–Trinajstić information content (AvgIpc) is 2.69. The number of carbonyl (C=O) groups is 1. The number of aromatic nitrogens is 3. The Labute approximate surface area is 173 Å². The van der Waals surface area contributed by atoms with Gasteiger partial charge in [-0.1, -0.05) is 0 Å². The summed E-state index contributed by atoms with van der Waals surface area (Å²) in [6.45, 7) is 1.56. The molecule has 0 spiro atoms. The zero-order valence-electron chi connectivity index (χ0n) is 16.1. The fourth-order valence-electron chi connectivity index (χ4n) is 3.71. The van der Waals surface area contributed by atoms with Gasteiger partial charge in [-0.25, -0.2) is 15.0 Å². The number of anilines is 2. The molecule has 29 heavy (non-hydrogen) atoms. The van der Waals surface area contributed by atoms with Crippen molar-refractivity contribution in [3.05, 3.63) is 48.1 Å². The summed E-state index contributed by atoms with van der Waals surface area (Å²) >= 11 is 5.74. The molecule has 1 aliphatic carbocycles. The lowest BCUT2D eigenvalue weighted by atomic mass is 9.92. The normalized spacial score (nSPS) is 19.0. The summed E-state index contributed by atoms with van der Waals surface area (Å²) in [6.07, 6.45) is 8.95. The highest BCUT2D eigenvalue weighted by Gasteiger charge is 2.24. The van der Waals surface area contributed by atoms with Crippen molar-refractivity contribution in [1.82, 2.24) is 20.3 Å². The lowest BCUT2D eigenvalue weighted by Crippen LogP contribution is -2.40. The molecule has 7 nitrogen and oxygen atoms in total. The minimum Gasteiger partial charge on any atom is -0.490 e. The average molecular weight is 412 g/mol. The lowest BCUT2D eigenvalue weighted by molar-refractivity contribution is -0.120. The van der Waals surface area contributed by atoms with E-state index in [1.54, 1.807) is 25.5 Å². The highest BCUT2D eigenvalue weighted by Crippen LogP contribution is 2.30. The number of halogens is 1. The third-order valence-corrected chi connectivity index (χ3v) is 5.15. The van der Waals surface area contributed by atoms with Crippen LogP contribution in [0.2, 0.25) is 5.28 Å². The third-order valence-electron chi connectivity index (χ3n) is 4.96. The molecule has 150 valence electrons. The molecule has 0 bridgehead atoms. The monoisotopic (exact) mass is 411 g/mol. The number of nitrogens with one attached hydrogen (secondary N) is 2. The number of hydrogen-bond donors (Lipinski definition) is 2. The third kappa shape index (κ3) is 4.92. The summed E-state index contributed by atoms with van der Waals surface area (Å²) in [4.78, 5) is 23.7. The first-order chi connectivity index (χ1) is 14.1. The van der Waals surface area contributed by atoms with Crippen LogP contribution in [0.3, 0.4) is 0 Å². The Morgan fingerprint density at radius 2 is 2.00 bits per heavy atom. The van der Waals surface area contributed by atoms with Crippen LogP contribution in [-0.4, -0.2) is 33.0 Å². The first-order valence-electron chi connectivity index (χ1n) is 9.64. The molecule has 2 heterocycles.